The highest BCUT2D eigenvalue weighted by atomic mass is 16.3. The fraction of sp³-hybridized carbons (Fsp3) is 1.00. The molecule has 2 nitrogen and oxygen atoms in total. The normalized spacial score (nSPS) is 34.1. The van der Waals surface area contributed by atoms with Crippen LogP contribution in [0.25, 0.3) is 0 Å². The minimum atomic E-state index is 0.392. The zero-order valence-electron chi connectivity index (χ0n) is 7.00. The predicted molar refractivity (Wildman–Crippen MR) is 44.4 cm³/mol. The molecule has 1 aliphatic carbocycles. The summed E-state index contributed by atoms with van der Waals surface area (Å²) in [5, 5.41) is 8.93. The molecule has 0 aromatic heterocycles. The summed E-state index contributed by atoms with van der Waals surface area (Å²) in [6.07, 6.45) is 5.44. The van der Waals surface area contributed by atoms with Crippen LogP contribution in [0.5, 0.6) is 0 Å². The van der Waals surface area contributed by atoms with Gasteiger partial charge in [-0.2, -0.15) is 0 Å². The van der Waals surface area contributed by atoms with Crippen LogP contribution < -0.4 is 0 Å². The SMILES string of the molecule is OCC1CCN(C2CCC2)C1. The number of rotatable bonds is 2. The summed E-state index contributed by atoms with van der Waals surface area (Å²) < 4.78 is 0. The largest absolute Gasteiger partial charge is 0.396 e. The zero-order chi connectivity index (χ0) is 7.68. The van der Waals surface area contributed by atoms with Gasteiger partial charge < -0.3 is 10.0 Å². The first-order valence-corrected chi connectivity index (χ1v) is 4.75. The highest BCUT2D eigenvalue weighted by Gasteiger charge is 2.30. The Morgan fingerprint density at radius 3 is 2.55 bits per heavy atom. The van der Waals surface area contributed by atoms with Crippen molar-refractivity contribution in [2.45, 2.75) is 31.7 Å². The first kappa shape index (κ1) is 7.56. The molecule has 0 radical (unpaired) electrons. The fourth-order valence-electron chi connectivity index (χ4n) is 2.10. The summed E-state index contributed by atoms with van der Waals surface area (Å²) in [5.74, 6) is 0.579. The number of hydrogen-bond acceptors (Lipinski definition) is 2. The van der Waals surface area contributed by atoms with E-state index < -0.39 is 0 Å². The van der Waals surface area contributed by atoms with Crippen molar-refractivity contribution in [2.75, 3.05) is 19.7 Å². The van der Waals surface area contributed by atoms with Crippen molar-refractivity contribution in [3.05, 3.63) is 0 Å². The molecule has 11 heavy (non-hydrogen) atoms. The molecule has 0 amide bonds. The van der Waals surface area contributed by atoms with Crippen LogP contribution in [0.4, 0.5) is 0 Å². The molecule has 0 bridgehead atoms. The van der Waals surface area contributed by atoms with Crippen molar-refractivity contribution in [1.29, 1.82) is 0 Å². The standard InChI is InChI=1S/C9H17NO/c11-7-8-4-5-10(6-8)9-2-1-3-9/h8-9,11H,1-7H2. The summed E-state index contributed by atoms with van der Waals surface area (Å²) in [6, 6.07) is 0.881. The molecule has 0 aromatic carbocycles. The van der Waals surface area contributed by atoms with Crippen molar-refractivity contribution in [2.24, 2.45) is 5.92 Å². The van der Waals surface area contributed by atoms with Gasteiger partial charge in [-0.15, -0.1) is 0 Å². The lowest BCUT2D eigenvalue weighted by atomic mass is 9.92. The van der Waals surface area contributed by atoms with Crippen LogP contribution >= 0.6 is 0 Å². The molecule has 2 fully saturated rings. The maximum Gasteiger partial charge on any atom is 0.0471 e. The number of hydrogen-bond donors (Lipinski definition) is 1. The molecular formula is C9H17NO. The number of aliphatic hydroxyl groups is 1. The van der Waals surface area contributed by atoms with E-state index in [9.17, 15) is 0 Å². The molecule has 1 heterocycles. The van der Waals surface area contributed by atoms with Crippen LogP contribution in [0.1, 0.15) is 25.7 Å². The topological polar surface area (TPSA) is 23.5 Å². The van der Waals surface area contributed by atoms with Crippen LogP contribution in [0.15, 0.2) is 0 Å². The van der Waals surface area contributed by atoms with Gasteiger partial charge in [0.15, 0.2) is 0 Å². The molecule has 0 aromatic rings. The van der Waals surface area contributed by atoms with E-state index in [2.05, 4.69) is 4.90 Å². The van der Waals surface area contributed by atoms with Crippen LogP contribution in [0.2, 0.25) is 0 Å². The van der Waals surface area contributed by atoms with Crippen LogP contribution in [-0.4, -0.2) is 35.7 Å². The van der Waals surface area contributed by atoms with Crippen molar-refractivity contribution >= 4 is 0 Å². The maximum atomic E-state index is 8.93. The molecule has 1 unspecified atom stereocenters. The van der Waals surface area contributed by atoms with Crippen molar-refractivity contribution in [3.63, 3.8) is 0 Å². The third kappa shape index (κ3) is 1.42. The van der Waals surface area contributed by atoms with Gasteiger partial charge in [0, 0.05) is 19.2 Å². The van der Waals surface area contributed by atoms with Crippen molar-refractivity contribution in [1.82, 2.24) is 4.90 Å². The third-order valence-corrected chi connectivity index (χ3v) is 3.17. The van der Waals surface area contributed by atoms with E-state index in [1.54, 1.807) is 0 Å². The van der Waals surface area contributed by atoms with Gasteiger partial charge in [-0.05, 0) is 31.7 Å². The third-order valence-electron chi connectivity index (χ3n) is 3.17. The smallest absolute Gasteiger partial charge is 0.0471 e. The molecule has 2 heteroatoms. The molecule has 0 spiro atoms. The Kier molecular flexibility index (Phi) is 2.14. The zero-order valence-corrected chi connectivity index (χ0v) is 7.00. The summed E-state index contributed by atoms with van der Waals surface area (Å²) in [5.41, 5.74) is 0. The first-order chi connectivity index (χ1) is 5.40. The second-order valence-electron chi connectivity index (χ2n) is 3.92. The minimum Gasteiger partial charge on any atom is -0.396 e. The summed E-state index contributed by atoms with van der Waals surface area (Å²) in [7, 11) is 0. The first-order valence-electron chi connectivity index (χ1n) is 4.75. The van der Waals surface area contributed by atoms with Gasteiger partial charge >= 0.3 is 0 Å². The van der Waals surface area contributed by atoms with E-state index in [-0.39, 0.29) is 0 Å². The molecule has 1 saturated carbocycles. The van der Waals surface area contributed by atoms with E-state index in [1.165, 1.54) is 32.2 Å². The van der Waals surface area contributed by atoms with Crippen molar-refractivity contribution < 1.29 is 5.11 Å². The van der Waals surface area contributed by atoms with Gasteiger partial charge in [0.2, 0.25) is 0 Å². The summed E-state index contributed by atoms with van der Waals surface area (Å²) in [6.45, 7) is 2.78. The highest BCUT2D eigenvalue weighted by molar-refractivity contribution is 4.85. The Morgan fingerprint density at radius 1 is 1.27 bits per heavy atom. The van der Waals surface area contributed by atoms with E-state index >= 15 is 0 Å². The highest BCUT2D eigenvalue weighted by Crippen LogP contribution is 2.29. The molecular weight excluding hydrogens is 138 g/mol. The molecule has 2 aliphatic rings. The second-order valence-corrected chi connectivity index (χ2v) is 3.92. The van der Waals surface area contributed by atoms with E-state index in [0.717, 1.165) is 12.6 Å². The maximum absolute atomic E-state index is 8.93. The summed E-state index contributed by atoms with van der Waals surface area (Å²) in [4.78, 5) is 2.56. The van der Waals surface area contributed by atoms with Gasteiger partial charge in [-0.3, -0.25) is 0 Å². The van der Waals surface area contributed by atoms with Crippen molar-refractivity contribution in [3.8, 4) is 0 Å². The molecule has 2 rings (SSSR count). The molecule has 1 aliphatic heterocycles. The molecule has 64 valence electrons. The monoisotopic (exact) mass is 155 g/mol. The van der Waals surface area contributed by atoms with Crippen LogP contribution in [0, 0.1) is 5.92 Å². The van der Waals surface area contributed by atoms with Gasteiger partial charge in [0.1, 0.15) is 0 Å². The quantitative estimate of drug-likeness (QED) is 0.639. The Hall–Kier alpha value is -0.0800. The predicted octanol–water partition coefficient (Wildman–Crippen LogP) is 0.853. The van der Waals surface area contributed by atoms with E-state index in [1.807, 2.05) is 0 Å². The number of nitrogens with zero attached hydrogens (tertiary/aromatic N) is 1. The Balaban J connectivity index is 1.79. The number of aliphatic hydroxyl groups excluding tert-OH is 1. The van der Waals surface area contributed by atoms with E-state index in [4.69, 9.17) is 5.11 Å². The fourth-order valence-corrected chi connectivity index (χ4v) is 2.10. The van der Waals surface area contributed by atoms with E-state index in [0.29, 0.717) is 12.5 Å². The number of likely N-dealkylation sites (tertiary alicyclic amines) is 1. The average molecular weight is 155 g/mol. The van der Waals surface area contributed by atoms with Crippen LogP contribution in [-0.2, 0) is 0 Å². The van der Waals surface area contributed by atoms with Crippen LogP contribution in [0.3, 0.4) is 0 Å². The Morgan fingerprint density at radius 2 is 2.09 bits per heavy atom. The summed E-state index contributed by atoms with van der Waals surface area (Å²) >= 11 is 0. The lowest BCUT2D eigenvalue weighted by molar-refractivity contribution is 0.143. The lowest BCUT2D eigenvalue weighted by Gasteiger charge is -2.34. The lowest BCUT2D eigenvalue weighted by Crippen LogP contribution is -2.38. The van der Waals surface area contributed by atoms with Gasteiger partial charge in [0.25, 0.3) is 0 Å². The Bertz CT molecular complexity index is 134. The van der Waals surface area contributed by atoms with Gasteiger partial charge in [-0.25, -0.2) is 0 Å². The van der Waals surface area contributed by atoms with Gasteiger partial charge in [-0.1, -0.05) is 6.42 Å². The molecule has 1 saturated heterocycles. The average Bonchev–Trinajstić information content (AvgIpc) is 2.32. The Labute approximate surface area is 68.2 Å². The minimum absolute atomic E-state index is 0.392. The second kappa shape index (κ2) is 3.11. The molecule has 1 N–H and O–H groups in total. The van der Waals surface area contributed by atoms with Gasteiger partial charge in [0.05, 0.1) is 0 Å². The molecule has 1 atom stereocenters.